The predicted octanol–water partition coefficient (Wildman–Crippen LogP) is 4.54. The third kappa shape index (κ3) is 4.79. The van der Waals surface area contributed by atoms with Crippen molar-refractivity contribution in [3.8, 4) is 17.0 Å². The van der Waals surface area contributed by atoms with Crippen molar-refractivity contribution in [3.63, 3.8) is 0 Å². The van der Waals surface area contributed by atoms with Crippen LogP contribution in [-0.4, -0.2) is 23.1 Å². The molecular weight excluding hydrogens is 408 g/mol. The molecule has 0 radical (unpaired) electrons. The molecule has 4 aromatic rings. The van der Waals surface area contributed by atoms with Gasteiger partial charge in [-0.1, -0.05) is 48.5 Å². The molecule has 0 fully saturated rings. The van der Waals surface area contributed by atoms with E-state index in [2.05, 4.69) is 16.2 Å². The molecule has 1 heterocycles. The second kappa shape index (κ2) is 9.23. The van der Waals surface area contributed by atoms with Crippen molar-refractivity contribution in [1.82, 2.24) is 15.8 Å². The summed E-state index contributed by atoms with van der Waals surface area (Å²) in [5.41, 5.74) is 9.10. The average Bonchev–Trinajstić information content (AvgIpc) is 2.83. The second-order valence-corrected chi connectivity index (χ2v) is 7.11. The number of benzene rings is 3. The number of hydrogen-bond acceptors (Lipinski definition) is 4. The molecule has 1 amide bonds. The average molecular weight is 429 g/mol. The minimum Gasteiger partial charge on any atom is -0.497 e. The van der Waals surface area contributed by atoms with Gasteiger partial charge in [0.25, 0.3) is 5.91 Å². The monoisotopic (exact) mass is 428 g/mol. The number of nitrogens with one attached hydrogen (secondary N) is 3. The van der Waals surface area contributed by atoms with Gasteiger partial charge >= 0.3 is 0 Å². The normalized spacial score (nSPS) is 10.4. The molecule has 6 nitrogen and oxygen atoms in total. The van der Waals surface area contributed by atoms with E-state index in [0.29, 0.717) is 5.56 Å². The predicted molar refractivity (Wildman–Crippen MR) is 127 cm³/mol. The highest BCUT2D eigenvalue weighted by molar-refractivity contribution is 7.80. The Labute approximate surface area is 185 Å². The van der Waals surface area contributed by atoms with Crippen molar-refractivity contribution in [1.29, 1.82) is 0 Å². The molecule has 0 aliphatic carbocycles. The summed E-state index contributed by atoms with van der Waals surface area (Å²) in [7, 11) is 1.61. The number of methoxy groups -OCH3 is 1. The molecule has 0 spiro atoms. The zero-order valence-corrected chi connectivity index (χ0v) is 17.6. The Balaban J connectivity index is 1.52. The van der Waals surface area contributed by atoms with Crippen LogP contribution < -0.4 is 20.9 Å². The first-order valence-electron chi connectivity index (χ1n) is 9.60. The van der Waals surface area contributed by atoms with E-state index in [9.17, 15) is 4.79 Å². The van der Waals surface area contributed by atoms with E-state index in [1.807, 2.05) is 78.9 Å². The number of hydrazine groups is 1. The number of carbonyl (C=O) groups excluding carboxylic acids is 1. The van der Waals surface area contributed by atoms with E-state index < -0.39 is 0 Å². The van der Waals surface area contributed by atoms with E-state index in [-0.39, 0.29) is 11.0 Å². The summed E-state index contributed by atoms with van der Waals surface area (Å²) in [4.78, 5) is 17.7. The highest BCUT2D eigenvalue weighted by atomic mass is 32.1. The van der Waals surface area contributed by atoms with Gasteiger partial charge in [-0.25, -0.2) is 4.98 Å². The number of rotatable bonds is 4. The molecule has 31 heavy (non-hydrogen) atoms. The molecule has 3 aromatic carbocycles. The fourth-order valence-electron chi connectivity index (χ4n) is 3.14. The Morgan fingerprint density at radius 3 is 2.35 bits per heavy atom. The van der Waals surface area contributed by atoms with Crippen LogP contribution in [0.3, 0.4) is 0 Å². The Morgan fingerprint density at radius 1 is 0.903 bits per heavy atom. The van der Waals surface area contributed by atoms with Crippen molar-refractivity contribution in [2.75, 3.05) is 12.4 Å². The minimum absolute atomic E-state index is 0.264. The lowest BCUT2D eigenvalue weighted by Crippen LogP contribution is -2.43. The van der Waals surface area contributed by atoms with Gasteiger partial charge in [-0.15, -0.1) is 0 Å². The molecule has 0 aliphatic heterocycles. The summed E-state index contributed by atoms with van der Waals surface area (Å²) in [5.74, 6) is 0.436. The first-order valence-corrected chi connectivity index (χ1v) is 10.0. The maximum Gasteiger partial charge on any atom is 0.270 e. The minimum atomic E-state index is -0.310. The lowest BCUT2D eigenvalue weighted by Gasteiger charge is -2.14. The number of amides is 1. The Morgan fingerprint density at radius 2 is 1.61 bits per heavy atom. The number of para-hydroxylation sites is 1. The maximum atomic E-state index is 13.0. The van der Waals surface area contributed by atoms with E-state index >= 15 is 0 Å². The quantitative estimate of drug-likeness (QED) is 0.327. The number of nitrogens with zero attached hydrogens (tertiary/aromatic N) is 1. The van der Waals surface area contributed by atoms with Crippen LogP contribution in [0.25, 0.3) is 22.2 Å². The van der Waals surface area contributed by atoms with Gasteiger partial charge in [0.05, 0.1) is 23.9 Å². The number of thiocarbonyl (C=S) groups is 1. The van der Waals surface area contributed by atoms with Crippen LogP contribution in [-0.2, 0) is 0 Å². The van der Waals surface area contributed by atoms with Gasteiger partial charge < -0.3 is 10.1 Å². The lowest BCUT2D eigenvalue weighted by atomic mass is 10.0. The van der Waals surface area contributed by atoms with E-state index in [1.165, 1.54) is 0 Å². The van der Waals surface area contributed by atoms with Gasteiger partial charge in [-0.05, 0) is 48.6 Å². The third-order valence-corrected chi connectivity index (χ3v) is 4.87. The standard InChI is InChI=1S/C24H20N4O2S/c1-30-18-13-11-17(12-14-18)25-24(31)28-27-23(29)20-15-22(16-7-3-2-4-8-16)26-21-10-6-5-9-19(20)21/h2-15H,1H3,(H,27,29)(H2,25,28,31). The van der Waals surface area contributed by atoms with Crippen molar-refractivity contribution in [3.05, 3.63) is 90.5 Å². The number of pyridine rings is 1. The second-order valence-electron chi connectivity index (χ2n) is 6.70. The zero-order chi connectivity index (χ0) is 21.6. The molecule has 0 atom stereocenters. The topological polar surface area (TPSA) is 75.3 Å². The van der Waals surface area contributed by atoms with Crippen molar-refractivity contribution >= 4 is 39.8 Å². The summed E-state index contributed by atoms with van der Waals surface area (Å²) in [6.45, 7) is 0. The van der Waals surface area contributed by atoms with Gasteiger partial charge in [0.15, 0.2) is 5.11 Å². The molecule has 4 rings (SSSR count). The molecule has 1 aromatic heterocycles. The molecule has 7 heteroatoms. The highest BCUT2D eigenvalue weighted by Gasteiger charge is 2.14. The van der Waals surface area contributed by atoms with Gasteiger partial charge in [0, 0.05) is 16.6 Å². The summed E-state index contributed by atoms with van der Waals surface area (Å²) >= 11 is 5.28. The van der Waals surface area contributed by atoms with Gasteiger partial charge in [0.1, 0.15) is 5.75 Å². The highest BCUT2D eigenvalue weighted by Crippen LogP contribution is 2.24. The summed E-state index contributed by atoms with van der Waals surface area (Å²) in [5, 5.41) is 4.04. The Kier molecular flexibility index (Phi) is 6.05. The van der Waals surface area contributed by atoms with E-state index in [4.69, 9.17) is 21.9 Å². The summed E-state index contributed by atoms with van der Waals surface area (Å²) in [6, 6.07) is 26.4. The molecule has 154 valence electrons. The summed E-state index contributed by atoms with van der Waals surface area (Å²) in [6.07, 6.45) is 0. The third-order valence-electron chi connectivity index (χ3n) is 4.67. The van der Waals surface area contributed by atoms with Crippen LogP contribution in [0, 0.1) is 0 Å². The van der Waals surface area contributed by atoms with Crippen LogP contribution in [0.2, 0.25) is 0 Å². The van der Waals surface area contributed by atoms with Gasteiger partial charge in [-0.2, -0.15) is 0 Å². The Hall–Kier alpha value is -3.97. The number of hydrogen-bond donors (Lipinski definition) is 3. The maximum absolute atomic E-state index is 13.0. The number of anilines is 1. The molecule has 0 saturated carbocycles. The Bertz CT molecular complexity index is 1230. The van der Waals surface area contributed by atoms with Crippen LogP contribution in [0.15, 0.2) is 84.9 Å². The fourth-order valence-corrected chi connectivity index (χ4v) is 3.31. The smallest absolute Gasteiger partial charge is 0.270 e. The van der Waals surface area contributed by atoms with Crippen molar-refractivity contribution in [2.24, 2.45) is 0 Å². The first kappa shape index (κ1) is 20.3. The van der Waals surface area contributed by atoms with Gasteiger partial charge in [0.2, 0.25) is 0 Å². The SMILES string of the molecule is COc1ccc(NC(=S)NNC(=O)c2cc(-c3ccccc3)nc3ccccc23)cc1. The number of ether oxygens (including phenoxy) is 1. The molecule has 0 aliphatic rings. The summed E-state index contributed by atoms with van der Waals surface area (Å²) < 4.78 is 5.14. The van der Waals surface area contributed by atoms with Gasteiger partial charge in [-0.3, -0.25) is 15.6 Å². The van der Waals surface area contributed by atoms with E-state index in [1.54, 1.807) is 13.2 Å². The fraction of sp³-hybridized carbons (Fsp3) is 0.0417. The number of carbonyl (C=O) groups is 1. The lowest BCUT2D eigenvalue weighted by molar-refractivity contribution is 0.0946. The van der Waals surface area contributed by atoms with Crippen LogP contribution >= 0.6 is 12.2 Å². The van der Waals surface area contributed by atoms with Crippen LogP contribution in [0.1, 0.15) is 10.4 Å². The molecule has 0 bridgehead atoms. The van der Waals surface area contributed by atoms with E-state index in [0.717, 1.165) is 33.6 Å². The van der Waals surface area contributed by atoms with Crippen molar-refractivity contribution < 1.29 is 9.53 Å². The first-order chi connectivity index (χ1) is 15.1. The van der Waals surface area contributed by atoms with Crippen LogP contribution in [0.4, 0.5) is 5.69 Å². The zero-order valence-electron chi connectivity index (χ0n) is 16.8. The van der Waals surface area contributed by atoms with Crippen molar-refractivity contribution in [2.45, 2.75) is 0 Å². The number of fused-ring (bicyclic) bond motifs is 1. The largest absolute Gasteiger partial charge is 0.497 e. The molecule has 0 unspecified atom stereocenters. The molecular formula is C24H20N4O2S. The van der Waals surface area contributed by atoms with Crippen LogP contribution in [0.5, 0.6) is 5.75 Å². The number of aromatic nitrogens is 1. The molecule has 3 N–H and O–H groups in total. The molecule has 0 saturated heterocycles.